The van der Waals surface area contributed by atoms with Crippen LogP contribution in [0.4, 0.5) is 17.6 Å². The van der Waals surface area contributed by atoms with Crippen LogP contribution >= 0.6 is 0 Å². The molecule has 0 spiro atoms. The van der Waals surface area contributed by atoms with Crippen molar-refractivity contribution in [1.29, 1.82) is 0 Å². The summed E-state index contributed by atoms with van der Waals surface area (Å²) >= 11 is 0. The highest BCUT2D eigenvalue weighted by molar-refractivity contribution is 5.92. The molecule has 4 aromatic rings. The average molecular weight is 359 g/mol. The van der Waals surface area contributed by atoms with Crippen LogP contribution < -0.4 is 0 Å². The van der Waals surface area contributed by atoms with Gasteiger partial charge in [-0.15, -0.1) is 0 Å². The Morgan fingerprint density at radius 1 is 0.962 bits per heavy atom. The zero-order valence-corrected chi connectivity index (χ0v) is 12.9. The lowest BCUT2D eigenvalue weighted by Gasteiger charge is -2.13. The molecule has 26 heavy (non-hydrogen) atoms. The van der Waals surface area contributed by atoms with Crippen molar-refractivity contribution in [1.82, 2.24) is 24.7 Å². The maximum atomic E-state index is 13.4. The fourth-order valence-electron chi connectivity index (χ4n) is 2.71. The van der Waals surface area contributed by atoms with Crippen molar-refractivity contribution in [2.24, 2.45) is 0 Å². The Balaban J connectivity index is 1.96. The SMILES string of the molecule is Fc1ccc(-n2ncc3c(-c4cncnc4)ccnc32)c(C(F)(F)F)c1. The highest BCUT2D eigenvalue weighted by Gasteiger charge is 2.35. The Morgan fingerprint density at radius 2 is 1.73 bits per heavy atom. The molecule has 0 aliphatic heterocycles. The van der Waals surface area contributed by atoms with Gasteiger partial charge in [-0.2, -0.15) is 18.3 Å². The van der Waals surface area contributed by atoms with Crippen LogP contribution in [-0.2, 0) is 6.18 Å². The molecule has 0 radical (unpaired) electrons. The number of nitrogens with zero attached hydrogens (tertiary/aromatic N) is 5. The van der Waals surface area contributed by atoms with Crippen LogP contribution in [0.1, 0.15) is 5.56 Å². The Bertz CT molecular complexity index is 1090. The van der Waals surface area contributed by atoms with E-state index in [1.165, 1.54) is 18.7 Å². The normalized spacial score (nSPS) is 11.8. The van der Waals surface area contributed by atoms with Gasteiger partial charge in [0.05, 0.1) is 17.4 Å². The Hall–Kier alpha value is -3.36. The molecule has 0 amide bonds. The molecule has 1 aromatic carbocycles. The van der Waals surface area contributed by atoms with Gasteiger partial charge >= 0.3 is 6.18 Å². The number of rotatable bonds is 2. The molecule has 130 valence electrons. The first-order valence-corrected chi connectivity index (χ1v) is 7.40. The van der Waals surface area contributed by atoms with Crippen molar-refractivity contribution in [3.63, 3.8) is 0 Å². The minimum absolute atomic E-state index is 0.212. The fourth-order valence-corrected chi connectivity index (χ4v) is 2.71. The fraction of sp³-hybridized carbons (Fsp3) is 0.0588. The van der Waals surface area contributed by atoms with Crippen LogP contribution in [0, 0.1) is 5.82 Å². The molecule has 0 atom stereocenters. The van der Waals surface area contributed by atoms with E-state index < -0.39 is 17.6 Å². The second-order valence-electron chi connectivity index (χ2n) is 5.44. The van der Waals surface area contributed by atoms with Crippen molar-refractivity contribution in [2.45, 2.75) is 6.18 Å². The van der Waals surface area contributed by atoms with Crippen LogP contribution in [0.15, 0.2) is 55.4 Å². The summed E-state index contributed by atoms with van der Waals surface area (Å²) in [4.78, 5) is 12.0. The molecule has 0 saturated carbocycles. The standard InChI is InChI=1S/C17H9F4N5/c18-11-1-2-15(14(5-11)17(19,20)21)26-16-13(8-25-26)12(3-4-24-16)10-6-22-9-23-7-10/h1-9H. The third-order valence-corrected chi connectivity index (χ3v) is 3.84. The Morgan fingerprint density at radius 3 is 2.46 bits per heavy atom. The number of halogens is 4. The first-order valence-electron chi connectivity index (χ1n) is 7.40. The summed E-state index contributed by atoms with van der Waals surface area (Å²) in [5, 5.41) is 4.57. The van der Waals surface area contributed by atoms with E-state index in [2.05, 4.69) is 20.1 Å². The summed E-state index contributed by atoms with van der Waals surface area (Å²) in [6.45, 7) is 0. The topological polar surface area (TPSA) is 56.5 Å². The third kappa shape index (κ3) is 2.67. The van der Waals surface area contributed by atoms with E-state index in [0.29, 0.717) is 22.6 Å². The maximum Gasteiger partial charge on any atom is 0.418 e. The van der Waals surface area contributed by atoms with Gasteiger partial charge in [0.2, 0.25) is 0 Å². The number of hydrogen-bond acceptors (Lipinski definition) is 4. The molecule has 0 aliphatic rings. The van der Waals surface area contributed by atoms with E-state index in [1.54, 1.807) is 18.5 Å². The van der Waals surface area contributed by atoms with Gasteiger partial charge in [0.1, 0.15) is 12.1 Å². The van der Waals surface area contributed by atoms with Crippen LogP contribution in [0.3, 0.4) is 0 Å². The summed E-state index contributed by atoms with van der Waals surface area (Å²) < 4.78 is 54.4. The third-order valence-electron chi connectivity index (χ3n) is 3.84. The maximum absolute atomic E-state index is 13.4. The number of alkyl halides is 3. The first kappa shape index (κ1) is 16.1. The van der Waals surface area contributed by atoms with E-state index in [4.69, 9.17) is 0 Å². The molecule has 5 nitrogen and oxygen atoms in total. The predicted octanol–water partition coefficient (Wildman–Crippen LogP) is 4.04. The molecule has 9 heteroatoms. The lowest BCUT2D eigenvalue weighted by atomic mass is 10.1. The van der Waals surface area contributed by atoms with E-state index in [-0.39, 0.29) is 11.3 Å². The molecule has 0 N–H and O–H groups in total. The van der Waals surface area contributed by atoms with Gasteiger partial charge in [0, 0.05) is 29.5 Å². The lowest BCUT2D eigenvalue weighted by Crippen LogP contribution is -2.12. The first-order chi connectivity index (χ1) is 12.4. The number of hydrogen-bond donors (Lipinski definition) is 0. The highest BCUT2D eigenvalue weighted by atomic mass is 19.4. The molecule has 0 fully saturated rings. The van der Waals surface area contributed by atoms with Gasteiger partial charge in [-0.05, 0) is 29.8 Å². The monoisotopic (exact) mass is 359 g/mol. The van der Waals surface area contributed by atoms with Crippen molar-refractivity contribution in [2.75, 3.05) is 0 Å². The predicted molar refractivity (Wildman–Crippen MR) is 84.9 cm³/mol. The molecule has 4 rings (SSSR count). The van der Waals surface area contributed by atoms with Crippen LogP contribution in [0.2, 0.25) is 0 Å². The van der Waals surface area contributed by atoms with E-state index in [1.807, 2.05) is 0 Å². The largest absolute Gasteiger partial charge is 0.418 e. The highest BCUT2D eigenvalue weighted by Crippen LogP contribution is 2.36. The van der Waals surface area contributed by atoms with Gasteiger partial charge in [-0.1, -0.05) is 0 Å². The number of pyridine rings is 1. The number of fused-ring (bicyclic) bond motifs is 1. The lowest BCUT2D eigenvalue weighted by molar-refractivity contribution is -0.137. The summed E-state index contributed by atoms with van der Waals surface area (Å²) in [7, 11) is 0. The summed E-state index contributed by atoms with van der Waals surface area (Å²) in [6, 6.07) is 4.12. The van der Waals surface area contributed by atoms with Crippen LogP contribution in [-0.4, -0.2) is 24.7 Å². The van der Waals surface area contributed by atoms with Gasteiger partial charge in [0.25, 0.3) is 0 Å². The zero-order chi connectivity index (χ0) is 18.3. The molecular formula is C17H9F4N5. The second kappa shape index (κ2) is 5.87. The van der Waals surface area contributed by atoms with Gasteiger partial charge in [-0.3, -0.25) is 0 Å². The number of benzene rings is 1. The van der Waals surface area contributed by atoms with E-state index in [0.717, 1.165) is 16.8 Å². The van der Waals surface area contributed by atoms with E-state index in [9.17, 15) is 17.6 Å². The van der Waals surface area contributed by atoms with Crippen LogP contribution in [0.25, 0.3) is 27.8 Å². The number of aromatic nitrogens is 5. The molecule has 0 saturated heterocycles. The molecule has 0 aliphatic carbocycles. The molecule has 0 unspecified atom stereocenters. The second-order valence-corrected chi connectivity index (χ2v) is 5.44. The molecule has 0 bridgehead atoms. The smallest absolute Gasteiger partial charge is 0.244 e. The van der Waals surface area contributed by atoms with E-state index >= 15 is 0 Å². The van der Waals surface area contributed by atoms with Gasteiger partial charge in [0.15, 0.2) is 5.65 Å². The average Bonchev–Trinajstić information content (AvgIpc) is 3.06. The molecule has 3 aromatic heterocycles. The van der Waals surface area contributed by atoms with Crippen molar-refractivity contribution >= 4 is 11.0 Å². The van der Waals surface area contributed by atoms with Crippen LogP contribution in [0.5, 0.6) is 0 Å². The van der Waals surface area contributed by atoms with Gasteiger partial charge < -0.3 is 0 Å². The van der Waals surface area contributed by atoms with Gasteiger partial charge in [-0.25, -0.2) is 24.0 Å². The Kier molecular flexibility index (Phi) is 3.64. The Labute approximate surface area is 144 Å². The summed E-state index contributed by atoms with van der Waals surface area (Å²) in [5.41, 5.74) is 0.135. The van der Waals surface area contributed by atoms with Crippen molar-refractivity contribution in [3.05, 3.63) is 66.8 Å². The minimum Gasteiger partial charge on any atom is -0.244 e. The molecule has 3 heterocycles. The van der Waals surface area contributed by atoms with Crippen molar-refractivity contribution < 1.29 is 17.6 Å². The quantitative estimate of drug-likeness (QED) is 0.507. The van der Waals surface area contributed by atoms with Crippen molar-refractivity contribution in [3.8, 4) is 16.8 Å². The summed E-state index contributed by atoms with van der Waals surface area (Å²) in [6.07, 6.45) is 2.67. The zero-order valence-electron chi connectivity index (χ0n) is 12.9. The summed E-state index contributed by atoms with van der Waals surface area (Å²) in [5.74, 6) is -0.979. The molecular weight excluding hydrogens is 350 g/mol. The minimum atomic E-state index is -4.74.